The van der Waals surface area contributed by atoms with Gasteiger partial charge in [-0.1, -0.05) is 41.4 Å². The Morgan fingerprint density at radius 3 is 2.38 bits per heavy atom. The van der Waals surface area contributed by atoms with Gasteiger partial charge < -0.3 is 10.1 Å². The smallest absolute Gasteiger partial charge is 0.339 e. The lowest BCUT2D eigenvalue weighted by atomic mass is 10.0. The molecule has 6 nitrogen and oxygen atoms in total. The minimum atomic E-state index is -1.06. The maximum atomic E-state index is 13.0. The van der Waals surface area contributed by atoms with Crippen molar-refractivity contribution >= 4 is 51.7 Å². The second kappa shape index (κ2) is 9.34. The number of hydrogen-bond acceptors (Lipinski definition) is 5. The number of halogens is 2. The summed E-state index contributed by atoms with van der Waals surface area (Å²) in [6.45, 7) is 1.49. The highest BCUT2D eigenvalue weighted by atomic mass is 35.5. The fourth-order valence-electron chi connectivity index (χ4n) is 3.16. The van der Waals surface area contributed by atoms with Crippen LogP contribution in [0.15, 0.2) is 73.1 Å². The zero-order valence-corrected chi connectivity index (χ0v) is 18.4. The van der Waals surface area contributed by atoms with Gasteiger partial charge in [0, 0.05) is 39.1 Å². The van der Waals surface area contributed by atoms with E-state index in [4.69, 9.17) is 27.9 Å². The third kappa shape index (κ3) is 4.88. The van der Waals surface area contributed by atoms with E-state index >= 15 is 0 Å². The van der Waals surface area contributed by atoms with Gasteiger partial charge in [0.05, 0.1) is 16.8 Å². The van der Waals surface area contributed by atoms with Crippen LogP contribution in [0, 0.1) is 0 Å². The van der Waals surface area contributed by atoms with Crippen LogP contribution in [0.25, 0.3) is 22.2 Å². The summed E-state index contributed by atoms with van der Waals surface area (Å²) in [6.07, 6.45) is 2.24. The van der Waals surface area contributed by atoms with Crippen molar-refractivity contribution < 1.29 is 14.3 Å². The van der Waals surface area contributed by atoms with Gasteiger partial charge in [-0.3, -0.25) is 9.78 Å². The minimum absolute atomic E-state index is 0.313. The fraction of sp³-hybridized carbons (Fsp3) is 0.0833. The Labute approximate surface area is 194 Å². The highest BCUT2D eigenvalue weighted by Gasteiger charge is 2.22. The predicted molar refractivity (Wildman–Crippen MR) is 125 cm³/mol. The molecule has 1 unspecified atom stereocenters. The van der Waals surface area contributed by atoms with Gasteiger partial charge in [0.1, 0.15) is 0 Å². The number of anilines is 1. The molecular weight excluding hydrogens is 449 g/mol. The summed E-state index contributed by atoms with van der Waals surface area (Å²) in [4.78, 5) is 34.2. The topological polar surface area (TPSA) is 81.2 Å². The number of para-hydroxylation sites is 1. The maximum Gasteiger partial charge on any atom is 0.339 e. The molecule has 0 aliphatic carbocycles. The highest BCUT2D eigenvalue weighted by Crippen LogP contribution is 2.26. The van der Waals surface area contributed by atoms with Crippen LogP contribution in [0.1, 0.15) is 17.3 Å². The van der Waals surface area contributed by atoms with E-state index in [1.54, 1.807) is 54.9 Å². The molecule has 2 aromatic carbocycles. The van der Waals surface area contributed by atoms with E-state index in [9.17, 15) is 9.59 Å². The molecule has 4 rings (SSSR count). The summed E-state index contributed by atoms with van der Waals surface area (Å²) in [5.41, 5.74) is 2.77. The first kappa shape index (κ1) is 21.7. The van der Waals surface area contributed by atoms with Crippen molar-refractivity contribution in [2.75, 3.05) is 5.32 Å². The molecule has 0 saturated heterocycles. The summed E-state index contributed by atoms with van der Waals surface area (Å²) in [7, 11) is 0. The molecule has 32 heavy (non-hydrogen) atoms. The van der Waals surface area contributed by atoms with Crippen LogP contribution in [0.2, 0.25) is 10.0 Å². The third-order valence-corrected chi connectivity index (χ3v) is 5.13. The zero-order chi connectivity index (χ0) is 22.7. The van der Waals surface area contributed by atoms with Crippen LogP contribution < -0.4 is 5.32 Å². The standard InChI is InChI=1S/C24H17Cl2N3O3/c1-14(23(30)28-18-11-16(25)10-17(26)12-18)32-24(31)20-13-22(15-6-8-27-9-7-15)29-21-5-3-2-4-19(20)21/h2-14H,1H3,(H,28,30). The molecule has 2 heterocycles. The highest BCUT2D eigenvalue weighted by molar-refractivity contribution is 6.35. The number of pyridine rings is 2. The van der Waals surface area contributed by atoms with E-state index < -0.39 is 18.0 Å². The average Bonchev–Trinajstić information content (AvgIpc) is 2.78. The Kier molecular flexibility index (Phi) is 6.35. The van der Waals surface area contributed by atoms with Gasteiger partial charge in [-0.05, 0) is 49.4 Å². The molecule has 0 fully saturated rings. The third-order valence-electron chi connectivity index (χ3n) is 4.70. The molecule has 1 N–H and O–H groups in total. The second-order valence-electron chi connectivity index (χ2n) is 7.00. The number of hydrogen-bond donors (Lipinski definition) is 1. The van der Waals surface area contributed by atoms with Crippen molar-refractivity contribution in [1.82, 2.24) is 9.97 Å². The van der Waals surface area contributed by atoms with Crippen LogP contribution in [-0.4, -0.2) is 27.9 Å². The van der Waals surface area contributed by atoms with Crippen molar-refractivity contribution in [3.8, 4) is 11.3 Å². The molecule has 0 bridgehead atoms. The quantitative estimate of drug-likeness (QED) is 0.377. The molecular formula is C24H17Cl2N3O3. The average molecular weight is 466 g/mol. The monoisotopic (exact) mass is 465 g/mol. The molecule has 8 heteroatoms. The summed E-state index contributed by atoms with van der Waals surface area (Å²) in [6, 6.07) is 17.2. The molecule has 0 spiro atoms. The molecule has 1 atom stereocenters. The van der Waals surface area contributed by atoms with E-state index in [1.807, 2.05) is 18.2 Å². The molecule has 0 saturated carbocycles. The van der Waals surface area contributed by atoms with Crippen LogP contribution in [0.3, 0.4) is 0 Å². The SMILES string of the molecule is CC(OC(=O)c1cc(-c2ccncc2)nc2ccccc12)C(=O)Nc1cc(Cl)cc(Cl)c1. The van der Waals surface area contributed by atoms with Gasteiger partial charge in [0.25, 0.3) is 5.91 Å². The lowest BCUT2D eigenvalue weighted by Gasteiger charge is -2.15. The summed E-state index contributed by atoms with van der Waals surface area (Å²) < 4.78 is 5.47. The lowest BCUT2D eigenvalue weighted by molar-refractivity contribution is -0.123. The number of nitrogens with one attached hydrogen (secondary N) is 1. The Hall–Kier alpha value is -3.48. The predicted octanol–water partition coefficient (Wildman–Crippen LogP) is 5.79. The number of rotatable bonds is 5. The van der Waals surface area contributed by atoms with Crippen molar-refractivity contribution in [2.24, 2.45) is 0 Å². The minimum Gasteiger partial charge on any atom is -0.449 e. The first-order valence-corrected chi connectivity index (χ1v) is 10.4. The number of carbonyl (C=O) groups is 2. The number of aromatic nitrogens is 2. The van der Waals surface area contributed by atoms with Gasteiger partial charge in [-0.25, -0.2) is 9.78 Å². The van der Waals surface area contributed by atoms with Crippen molar-refractivity contribution in [3.63, 3.8) is 0 Å². The van der Waals surface area contributed by atoms with Crippen molar-refractivity contribution in [1.29, 1.82) is 0 Å². The van der Waals surface area contributed by atoms with Gasteiger partial charge in [-0.2, -0.15) is 0 Å². The molecule has 4 aromatic rings. The Morgan fingerprint density at radius 1 is 0.969 bits per heavy atom. The molecule has 0 radical (unpaired) electrons. The van der Waals surface area contributed by atoms with E-state index in [0.717, 1.165) is 5.56 Å². The van der Waals surface area contributed by atoms with Crippen molar-refractivity contribution in [3.05, 3.63) is 88.7 Å². The zero-order valence-electron chi connectivity index (χ0n) is 16.9. The fourth-order valence-corrected chi connectivity index (χ4v) is 3.69. The Balaban J connectivity index is 1.59. The van der Waals surface area contributed by atoms with Crippen LogP contribution in [-0.2, 0) is 9.53 Å². The Bertz CT molecular complexity index is 1290. The number of nitrogens with zero attached hydrogens (tertiary/aromatic N) is 2. The summed E-state index contributed by atoms with van der Waals surface area (Å²) in [5.74, 6) is -1.14. The number of esters is 1. The van der Waals surface area contributed by atoms with Gasteiger partial charge in [-0.15, -0.1) is 0 Å². The summed E-state index contributed by atoms with van der Waals surface area (Å²) in [5, 5.41) is 4.04. The molecule has 0 aliphatic heterocycles. The van der Waals surface area contributed by atoms with Gasteiger partial charge in [0.2, 0.25) is 0 Å². The number of fused-ring (bicyclic) bond motifs is 1. The first-order valence-electron chi connectivity index (χ1n) is 9.69. The van der Waals surface area contributed by atoms with Crippen LogP contribution >= 0.6 is 23.2 Å². The molecule has 2 aromatic heterocycles. The van der Waals surface area contributed by atoms with Gasteiger partial charge >= 0.3 is 5.97 Å². The van der Waals surface area contributed by atoms with E-state index in [-0.39, 0.29) is 0 Å². The Morgan fingerprint density at radius 2 is 1.66 bits per heavy atom. The van der Waals surface area contributed by atoms with E-state index in [2.05, 4.69) is 15.3 Å². The number of amides is 1. The lowest BCUT2D eigenvalue weighted by Crippen LogP contribution is -2.30. The van der Waals surface area contributed by atoms with Gasteiger partial charge in [0.15, 0.2) is 6.10 Å². The molecule has 160 valence electrons. The number of ether oxygens (including phenoxy) is 1. The molecule has 1 amide bonds. The first-order chi connectivity index (χ1) is 15.4. The van der Waals surface area contributed by atoms with Crippen LogP contribution in [0.4, 0.5) is 5.69 Å². The van der Waals surface area contributed by atoms with E-state index in [0.29, 0.717) is 37.9 Å². The largest absolute Gasteiger partial charge is 0.449 e. The number of carbonyl (C=O) groups excluding carboxylic acids is 2. The van der Waals surface area contributed by atoms with Crippen LogP contribution in [0.5, 0.6) is 0 Å². The number of benzene rings is 2. The maximum absolute atomic E-state index is 13.0. The van der Waals surface area contributed by atoms with E-state index in [1.165, 1.54) is 6.92 Å². The molecule has 0 aliphatic rings. The summed E-state index contributed by atoms with van der Waals surface area (Å²) >= 11 is 11.9. The second-order valence-corrected chi connectivity index (χ2v) is 7.88. The van der Waals surface area contributed by atoms with Crippen molar-refractivity contribution in [2.45, 2.75) is 13.0 Å². The normalized spacial score (nSPS) is 11.7.